The standard InChI is InChI=1S/C14H21NO/c1-3-16-13-6-4-12(5-7-13)14-8-9-15-10-11(14)2/h4-7,11,14-15H,3,8-10H2,1-2H3/t11-,14+/m0/s1. The Morgan fingerprint density at radius 1 is 1.31 bits per heavy atom. The van der Waals surface area contributed by atoms with Gasteiger partial charge in [-0.05, 0) is 56.0 Å². The van der Waals surface area contributed by atoms with Gasteiger partial charge in [0.2, 0.25) is 0 Å². The zero-order valence-corrected chi connectivity index (χ0v) is 10.2. The third-order valence-corrected chi connectivity index (χ3v) is 3.40. The van der Waals surface area contributed by atoms with Crippen molar-refractivity contribution in [2.24, 2.45) is 5.92 Å². The Balaban J connectivity index is 2.08. The van der Waals surface area contributed by atoms with Gasteiger partial charge in [0.15, 0.2) is 0 Å². The van der Waals surface area contributed by atoms with E-state index in [0.29, 0.717) is 5.92 Å². The lowest BCUT2D eigenvalue weighted by atomic mass is 9.82. The van der Waals surface area contributed by atoms with E-state index < -0.39 is 0 Å². The van der Waals surface area contributed by atoms with Crippen LogP contribution in [0.5, 0.6) is 5.75 Å². The van der Waals surface area contributed by atoms with Gasteiger partial charge in [-0.1, -0.05) is 19.1 Å². The second-order valence-electron chi connectivity index (χ2n) is 4.58. The Kier molecular flexibility index (Phi) is 3.83. The first kappa shape index (κ1) is 11.5. The first-order valence-electron chi connectivity index (χ1n) is 6.24. The van der Waals surface area contributed by atoms with Gasteiger partial charge in [0.25, 0.3) is 0 Å². The molecule has 1 heterocycles. The summed E-state index contributed by atoms with van der Waals surface area (Å²) in [5.74, 6) is 2.41. The summed E-state index contributed by atoms with van der Waals surface area (Å²) in [5, 5.41) is 3.44. The lowest BCUT2D eigenvalue weighted by Crippen LogP contribution is -2.33. The van der Waals surface area contributed by atoms with Crippen molar-refractivity contribution in [1.82, 2.24) is 5.32 Å². The molecule has 1 N–H and O–H groups in total. The fourth-order valence-corrected chi connectivity index (χ4v) is 2.49. The molecule has 1 saturated heterocycles. The minimum Gasteiger partial charge on any atom is -0.494 e. The molecule has 1 aromatic rings. The molecule has 2 atom stereocenters. The molecule has 2 rings (SSSR count). The topological polar surface area (TPSA) is 21.3 Å². The van der Waals surface area contributed by atoms with Crippen LogP contribution in [0.15, 0.2) is 24.3 Å². The van der Waals surface area contributed by atoms with Crippen LogP contribution in [0.25, 0.3) is 0 Å². The van der Waals surface area contributed by atoms with Crippen molar-refractivity contribution in [1.29, 1.82) is 0 Å². The van der Waals surface area contributed by atoms with Gasteiger partial charge in [-0.2, -0.15) is 0 Å². The molecule has 0 saturated carbocycles. The van der Waals surface area contributed by atoms with Crippen LogP contribution in [0.1, 0.15) is 31.7 Å². The van der Waals surface area contributed by atoms with Gasteiger partial charge in [0, 0.05) is 0 Å². The Bertz CT molecular complexity index is 320. The van der Waals surface area contributed by atoms with Gasteiger partial charge in [-0.3, -0.25) is 0 Å². The average Bonchev–Trinajstić information content (AvgIpc) is 2.31. The van der Waals surface area contributed by atoms with E-state index in [-0.39, 0.29) is 0 Å². The molecule has 0 aliphatic carbocycles. The Hall–Kier alpha value is -1.02. The molecular weight excluding hydrogens is 198 g/mol. The van der Waals surface area contributed by atoms with Crippen LogP contribution in [0.3, 0.4) is 0 Å². The summed E-state index contributed by atoms with van der Waals surface area (Å²) in [6.45, 7) is 7.36. The summed E-state index contributed by atoms with van der Waals surface area (Å²) in [6, 6.07) is 8.62. The molecule has 0 unspecified atom stereocenters. The van der Waals surface area contributed by atoms with Crippen molar-refractivity contribution in [3.63, 3.8) is 0 Å². The maximum absolute atomic E-state index is 5.46. The molecule has 88 valence electrons. The van der Waals surface area contributed by atoms with E-state index in [1.807, 2.05) is 6.92 Å². The van der Waals surface area contributed by atoms with Gasteiger partial charge in [-0.15, -0.1) is 0 Å². The van der Waals surface area contributed by atoms with Crippen molar-refractivity contribution < 1.29 is 4.74 Å². The number of rotatable bonds is 3. The maximum atomic E-state index is 5.46. The molecular formula is C14H21NO. The molecule has 0 aromatic heterocycles. The van der Waals surface area contributed by atoms with Crippen molar-refractivity contribution >= 4 is 0 Å². The summed E-state index contributed by atoms with van der Waals surface area (Å²) >= 11 is 0. The molecule has 0 bridgehead atoms. The Morgan fingerprint density at radius 3 is 2.69 bits per heavy atom. The molecule has 1 aromatic carbocycles. The molecule has 16 heavy (non-hydrogen) atoms. The van der Waals surface area contributed by atoms with E-state index in [4.69, 9.17) is 4.74 Å². The van der Waals surface area contributed by atoms with E-state index in [9.17, 15) is 0 Å². The van der Waals surface area contributed by atoms with E-state index >= 15 is 0 Å². The number of hydrogen-bond donors (Lipinski definition) is 1. The highest BCUT2D eigenvalue weighted by Gasteiger charge is 2.22. The van der Waals surface area contributed by atoms with Crippen molar-refractivity contribution in [2.45, 2.75) is 26.2 Å². The molecule has 0 amide bonds. The SMILES string of the molecule is CCOc1ccc([C@@H]2CCNC[C@@H]2C)cc1. The summed E-state index contributed by atoms with van der Waals surface area (Å²) in [6.07, 6.45) is 1.25. The van der Waals surface area contributed by atoms with Crippen molar-refractivity contribution in [3.8, 4) is 5.75 Å². The second-order valence-corrected chi connectivity index (χ2v) is 4.58. The third-order valence-electron chi connectivity index (χ3n) is 3.40. The Morgan fingerprint density at radius 2 is 2.06 bits per heavy atom. The lowest BCUT2D eigenvalue weighted by molar-refractivity contribution is 0.337. The minimum absolute atomic E-state index is 0.705. The predicted octanol–water partition coefficient (Wildman–Crippen LogP) is 2.80. The lowest BCUT2D eigenvalue weighted by Gasteiger charge is -2.29. The fourth-order valence-electron chi connectivity index (χ4n) is 2.49. The fraction of sp³-hybridized carbons (Fsp3) is 0.571. The molecule has 1 fully saturated rings. The van der Waals surface area contributed by atoms with Crippen LogP contribution < -0.4 is 10.1 Å². The third kappa shape index (κ3) is 2.56. The van der Waals surface area contributed by atoms with Crippen LogP contribution in [-0.4, -0.2) is 19.7 Å². The molecule has 2 heteroatoms. The number of piperidine rings is 1. The van der Waals surface area contributed by atoms with Crippen LogP contribution in [0, 0.1) is 5.92 Å². The normalized spacial score (nSPS) is 25.4. The first-order chi connectivity index (χ1) is 7.81. The number of nitrogens with one attached hydrogen (secondary N) is 1. The zero-order chi connectivity index (χ0) is 11.4. The van der Waals surface area contributed by atoms with Gasteiger partial charge in [0.05, 0.1) is 6.61 Å². The van der Waals surface area contributed by atoms with E-state index in [1.54, 1.807) is 0 Å². The number of ether oxygens (including phenoxy) is 1. The highest BCUT2D eigenvalue weighted by molar-refractivity contribution is 5.30. The van der Waals surface area contributed by atoms with E-state index in [1.165, 1.54) is 12.0 Å². The Labute approximate surface area is 98.0 Å². The largest absolute Gasteiger partial charge is 0.494 e. The van der Waals surface area contributed by atoms with Crippen molar-refractivity contribution in [2.75, 3.05) is 19.7 Å². The van der Waals surface area contributed by atoms with E-state index in [0.717, 1.165) is 31.4 Å². The molecule has 0 spiro atoms. The van der Waals surface area contributed by atoms with Crippen molar-refractivity contribution in [3.05, 3.63) is 29.8 Å². The van der Waals surface area contributed by atoms with Crippen LogP contribution in [-0.2, 0) is 0 Å². The van der Waals surface area contributed by atoms with E-state index in [2.05, 4.69) is 36.5 Å². The first-order valence-corrected chi connectivity index (χ1v) is 6.24. The van der Waals surface area contributed by atoms with Gasteiger partial charge >= 0.3 is 0 Å². The maximum Gasteiger partial charge on any atom is 0.119 e. The summed E-state index contributed by atoms with van der Waals surface area (Å²) in [4.78, 5) is 0. The smallest absolute Gasteiger partial charge is 0.119 e. The van der Waals surface area contributed by atoms with Gasteiger partial charge in [-0.25, -0.2) is 0 Å². The van der Waals surface area contributed by atoms with Crippen LogP contribution in [0.4, 0.5) is 0 Å². The van der Waals surface area contributed by atoms with Gasteiger partial charge in [0.1, 0.15) is 5.75 Å². The minimum atomic E-state index is 0.705. The van der Waals surface area contributed by atoms with Gasteiger partial charge < -0.3 is 10.1 Å². The number of hydrogen-bond acceptors (Lipinski definition) is 2. The summed E-state index contributed by atoms with van der Waals surface area (Å²) in [7, 11) is 0. The molecule has 0 radical (unpaired) electrons. The quantitative estimate of drug-likeness (QED) is 0.844. The highest BCUT2D eigenvalue weighted by Crippen LogP contribution is 2.30. The highest BCUT2D eigenvalue weighted by atomic mass is 16.5. The zero-order valence-electron chi connectivity index (χ0n) is 10.2. The monoisotopic (exact) mass is 219 g/mol. The number of benzene rings is 1. The summed E-state index contributed by atoms with van der Waals surface area (Å²) < 4.78 is 5.46. The van der Waals surface area contributed by atoms with Crippen LogP contribution >= 0.6 is 0 Å². The average molecular weight is 219 g/mol. The molecule has 2 nitrogen and oxygen atoms in total. The second kappa shape index (κ2) is 5.35. The molecule has 1 aliphatic rings. The molecule has 1 aliphatic heterocycles. The summed E-state index contributed by atoms with van der Waals surface area (Å²) in [5.41, 5.74) is 1.46. The predicted molar refractivity (Wildman–Crippen MR) is 67.0 cm³/mol. The van der Waals surface area contributed by atoms with Crippen LogP contribution in [0.2, 0.25) is 0 Å².